The van der Waals surface area contributed by atoms with E-state index in [0.29, 0.717) is 0 Å². The Hall–Kier alpha value is -0.720. The first-order valence-electron chi connectivity index (χ1n) is 4.26. The molecule has 0 unspecified atom stereocenters. The minimum atomic E-state index is -0.0757. The lowest BCUT2D eigenvalue weighted by Crippen LogP contribution is -1.99. The van der Waals surface area contributed by atoms with Crippen LogP contribution in [0, 0.1) is 4.64 Å². The molecule has 6 heteroatoms. The Morgan fingerprint density at radius 3 is 1.81 bits per heavy atom. The quantitative estimate of drug-likeness (QED) is 0.702. The zero-order chi connectivity index (χ0) is 12.0. The maximum Gasteiger partial charge on any atom is 0.247 e. The minimum absolute atomic E-state index is 0.0757. The Bertz CT molecular complexity index is 473. The summed E-state index contributed by atoms with van der Waals surface area (Å²) in [7, 11) is 0. The van der Waals surface area contributed by atoms with Crippen molar-refractivity contribution in [1.29, 1.82) is 0 Å². The largest absolute Gasteiger partial charge is 0.352 e. The predicted octanol–water partition coefficient (Wildman–Crippen LogP) is 3.64. The second-order valence-corrected chi connectivity index (χ2v) is 5.01. The maximum absolute atomic E-state index is 10.3. The summed E-state index contributed by atoms with van der Waals surface area (Å²) in [6, 6.07) is 6.89. The van der Waals surface area contributed by atoms with Gasteiger partial charge in [-0.2, -0.15) is 0 Å². The van der Waals surface area contributed by atoms with Crippen molar-refractivity contribution in [2.45, 2.75) is 0 Å². The third kappa shape index (κ3) is 5.39. The zero-order valence-corrected chi connectivity index (χ0v) is 12.0. The van der Waals surface area contributed by atoms with Gasteiger partial charge < -0.3 is 9.97 Å². The molecular formula is C10H8Br2N2OS. The van der Waals surface area contributed by atoms with E-state index in [4.69, 9.17) is 12.2 Å². The van der Waals surface area contributed by atoms with E-state index in [1.54, 1.807) is 12.3 Å². The molecular weight excluding hydrogens is 356 g/mol. The van der Waals surface area contributed by atoms with Crippen molar-refractivity contribution in [1.82, 2.24) is 9.97 Å². The van der Waals surface area contributed by atoms with Crippen molar-refractivity contribution >= 4 is 44.1 Å². The van der Waals surface area contributed by atoms with E-state index < -0.39 is 0 Å². The van der Waals surface area contributed by atoms with E-state index >= 15 is 0 Å². The molecule has 0 fully saturated rings. The van der Waals surface area contributed by atoms with Gasteiger partial charge in [-0.05, 0) is 50.1 Å². The Morgan fingerprint density at radius 1 is 0.938 bits per heavy atom. The topological polar surface area (TPSA) is 48.6 Å². The van der Waals surface area contributed by atoms with Crippen LogP contribution >= 0.6 is 44.1 Å². The lowest BCUT2D eigenvalue weighted by Gasteiger charge is -1.84. The Morgan fingerprint density at radius 2 is 1.50 bits per heavy atom. The highest BCUT2D eigenvalue weighted by Crippen LogP contribution is 2.04. The number of hydrogen-bond donors (Lipinski definition) is 2. The molecule has 84 valence electrons. The fourth-order valence-electron chi connectivity index (χ4n) is 0.783. The third-order valence-electron chi connectivity index (χ3n) is 1.49. The van der Waals surface area contributed by atoms with Crippen LogP contribution in [0.25, 0.3) is 0 Å². The van der Waals surface area contributed by atoms with E-state index in [1.165, 1.54) is 6.07 Å². The fourth-order valence-corrected chi connectivity index (χ4v) is 1.40. The second kappa shape index (κ2) is 6.78. The molecule has 0 spiro atoms. The first kappa shape index (κ1) is 13.3. The van der Waals surface area contributed by atoms with Crippen molar-refractivity contribution in [2.24, 2.45) is 0 Å². The Balaban J connectivity index is 0.000000160. The van der Waals surface area contributed by atoms with Crippen LogP contribution in [0.5, 0.6) is 0 Å². The molecule has 0 saturated carbocycles. The molecule has 0 amide bonds. The van der Waals surface area contributed by atoms with Gasteiger partial charge >= 0.3 is 0 Å². The molecule has 2 N–H and O–H groups in total. The van der Waals surface area contributed by atoms with Crippen LogP contribution < -0.4 is 5.56 Å². The summed E-state index contributed by atoms with van der Waals surface area (Å²) in [4.78, 5) is 15.7. The highest BCUT2D eigenvalue weighted by Gasteiger charge is 1.80. The standard InChI is InChI=1S/C5H4BrNO.C5H4BrNS/c2*6-4-1-2-5(8)7-3-4/h2*1-3H,(H,7,8). The number of nitrogens with one attached hydrogen (secondary N) is 2. The summed E-state index contributed by atoms with van der Waals surface area (Å²) in [6.07, 6.45) is 3.41. The van der Waals surface area contributed by atoms with E-state index in [-0.39, 0.29) is 5.56 Å². The lowest BCUT2D eigenvalue weighted by atomic mass is 10.5. The van der Waals surface area contributed by atoms with Crippen LogP contribution in [0.4, 0.5) is 0 Å². The number of aromatic nitrogens is 2. The van der Waals surface area contributed by atoms with Crippen LogP contribution in [0.3, 0.4) is 0 Å². The molecule has 0 radical (unpaired) electrons. The van der Waals surface area contributed by atoms with Gasteiger partial charge in [0.2, 0.25) is 5.56 Å². The SMILES string of the molecule is O=c1ccc(Br)c[nH]1.S=c1ccc(Br)c[nH]1. The molecule has 2 aromatic heterocycles. The van der Waals surface area contributed by atoms with Gasteiger partial charge in [0.25, 0.3) is 0 Å². The lowest BCUT2D eigenvalue weighted by molar-refractivity contribution is 1.22. The third-order valence-corrected chi connectivity index (χ3v) is 2.73. The number of rotatable bonds is 0. The summed E-state index contributed by atoms with van der Waals surface area (Å²) in [5.41, 5.74) is -0.0757. The van der Waals surface area contributed by atoms with Crippen molar-refractivity contribution in [3.63, 3.8) is 0 Å². The van der Waals surface area contributed by atoms with Crippen LogP contribution in [-0.2, 0) is 0 Å². The second-order valence-electron chi connectivity index (χ2n) is 2.74. The smallest absolute Gasteiger partial charge is 0.247 e. The van der Waals surface area contributed by atoms with Gasteiger partial charge in [0.05, 0.1) is 0 Å². The molecule has 0 aromatic carbocycles. The molecule has 0 atom stereocenters. The minimum Gasteiger partial charge on any atom is -0.352 e. The van der Waals surface area contributed by atoms with Crippen LogP contribution in [-0.4, -0.2) is 9.97 Å². The van der Waals surface area contributed by atoms with Gasteiger partial charge in [0, 0.05) is 27.4 Å². The van der Waals surface area contributed by atoms with Crippen molar-refractivity contribution < 1.29 is 0 Å². The summed E-state index contributed by atoms with van der Waals surface area (Å²) >= 11 is 11.2. The van der Waals surface area contributed by atoms with Crippen LogP contribution in [0.2, 0.25) is 0 Å². The van der Waals surface area contributed by atoms with Gasteiger partial charge in [-0.1, -0.05) is 12.2 Å². The number of H-pyrrole nitrogens is 2. The number of hydrogen-bond acceptors (Lipinski definition) is 2. The molecule has 2 aromatic rings. The van der Waals surface area contributed by atoms with E-state index in [1.807, 2.05) is 18.3 Å². The fraction of sp³-hybridized carbons (Fsp3) is 0. The van der Waals surface area contributed by atoms with Gasteiger partial charge in [0.15, 0.2) is 0 Å². The summed E-state index contributed by atoms with van der Waals surface area (Å²) in [5.74, 6) is 0. The highest BCUT2D eigenvalue weighted by molar-refractivity contribution is 9.10. The average Bonchev–Trinajstić information content (AvgIpc) is 2.28. The molecule has 2 rings (SSSR count). The summed E-state index contributed by atoms with van der Waals surface area (Å²) < 4.78 is 2.66. The molecule has 2 heterocycles. The zero-order valence-electron chi connectivity index (χ0n) is 8.04. The van der Waals surface area contributed by atoms with Crippen molar-refractivity contribution in [2.75, 3.05) is 0 Å². The monoisotopic (exact) mass is 362 g/mol. The average molecular weight is 364 g/mol. The van der Waals surface area contributed by atoms with Crippen LogP contribution in [0.15, 0.2) is 50.4 Å². The van der Waals surface area contributed by atoms with Crippen LogP contribution in [0.1, 0.15) is 0 Å². The predicted molar refractivity (Wildman–Crippen MR) is 74.1 cm³/mol. The van der Waals surface area contributed by atoms with Crippen molar-refractivity contribution in [3.8, 4) is 0 Å². The molecule has 0 aliphatic heterocycles. The highest BCUT2D eigenvalue weighted by atomic mass is 79.9. The Labute approximate surface area is 114 Å². The molecule has 0 saturated heterocycles. The van der Waals surface area contributed by atoms with E-state index in [9.17, 15) is 4.79 Å². The Kier molecular flexibility index (Phi) is 5.65. The van der Waals surface area contributed by atoms with Gasteiger partial charge in [0.1, 0.15) is 4.64 Å². The van der Waals surface area contributed by atoms with Crippen molar-refractivity contribution in [3.05, 3.63) is 60.6 Å². The molecule has 0 aliphatic carbocycles. The normalized spacial score (nSPS) is 9.12. The number of aromatic amines is 2. The molecule has 3 nitrogen and oxygen atoms in total. The van der Waals surface area contributed by atoms with Gasteiger partial charge in [-0.15, -0.1) is 0 Å². The summed E-state index contributed by atoms with van der Waals surface area (Å²) in [6.45, 7) is 0. The molecule has 0 bridgehead atoms. The van der Waals surface area contributed by atoms with E-state index in [0.717, 1.165) is 13.6 Å². The first-order valence-corrected chi connectivity index (χ1v) is 6.26. The summed E-state index contributed by atoms with van der Waals surface area (Å²) in [5, 5.41) is 0. The maximum atomic E-state index is 10.3. The molecule has 0 aliphatic rings. The van der Waals surface area contributed by atoms with Gasteiger partial charge in [-0.3, -0.25) is 4.79 Å². The first-order chi connectivity index (χ1) is 7.58. The number of halogens is 2. The van der Waals surface area contributed by atoms with E-state index in [2.05, 4.69) is 41.8 Å². The number of pyridine rings is 2. The van der Waals surface area contributed by atoms with Gasteiger partial charge in [-0.25, -0.2) is 0 Å². The molecule has 16 heavy (non-hydrogen) atoms.